The topological polar surface area (TPSA) is 43.4 Å². The van der Waals surface area contributed by atoms with Crippen molar-refractivity contribution >= 4 is 24.0 Å². The normalized spacial score (nSPS) is 9.27. The Kier molecular flexibility index (Phi) is 17.4. The van der Waals surface area contributed by atoms with E-state index in [0.29, 0.717) is 6.42 Å². The number of carbonyl (C=O) groups is 2. The fourth-order valence-corrected chi connectivity index (χ4v) is 0.977. The molecule has 0 radical (unpaired) electrons. The lowest BCUT2D eigenvalue weighted by Gasteiger charge is -1.93. The Morgan fingerprint density at radius 3 is 2.53 bits per heavy atom. The van der Waals surface area contributed by atoms with Crippen LogP contribution >= 0.6 is 11.8 Å². The Morgan fingerprint density at radius 2 is 2.13 bits per heavy atom. The maximum Gasteiger partial charge on any atom is 0.306 e. The molecule has 0 unspecified atom stereocenters. The number of hydrogen-bond donors (Lipinski definition) is 0. The van der Waals surface area contributed by atoms with Gasteiger partial charge in [0.15, 0.2) is 0 Å². The van der Waals surface area contributed by atoms with Crippen LogP contribution in [0.5, 0.6) is 0 Å². The van der Waals surface area contributed by atoms with Gasteiger partial charge in [0, 0.05) is 5.75 Å². The maximum absolute atomic E-state index is 10.3. The summed E-state index contributed by atoms with van der Waals surface area (Å²) in [4.78, 5) is 19.9. The highest BCUT2D eigenvalue weighted by atomic mass is 32.2. The number of carbonyl (C=O) groups excluding carboxylic acids is 2. The molecule has 4 heteroatoms. The Hall–Kier alpha value is -0.770. The Labute approximate surface area is 96.3 Å². The standard InChI is InChI=1S/C6H10O.C5H10O2S/c1-2-3-4-5-6-7;1-7-5(6)3-4-8-2/h4-6H,2-3H2,1H3;3-4H2,1-2H3/b5-4+;. The number of hydrogen-bond acceptors (Lipinski definition) is 4. The summed E-state index contributed by atoms with van der Waals surface area (Å²) in [6.45, 7) is 2.08. The summed E-state index contributed by atoms with van der Waals surface area (Å²) in [6, 6.07) is 0. The molecular weight excluding hydrogens is 212 g/mol. The molecule has 0 aromatic carbocycles. The number of ether oxygens (including phenoxy) is 1. The van der Waals surface area contributed by atoms with Crippen molar-refractivity contribution in [2.24, 2.45) is 0 Å². The predicted octanol–water partition coefficient (Wildman–Crippen LogP) is 2.45. The summed E-state index contributed by atoms with van der Waals surface area (Å²) in [5, 5.41) is 0. The third-order valence-corrected chi connectivity index (χ3v) is 2.02. The molecule has 0 aliphatic rings. The third kappa shape index (κ3) is 19.6. The Bertz CT molecular complexity index is 179. The number of rotatable bonds is 6. The van der Waals surface area contributed by atoms with E-state index >= 15 is 0 Å². The van der Waals surface area contributed by atoms with E-state index in [1.165, 1.54) is 13.2 Å². The van der Waals surface area contributed by atoms with Crippen LogP contribution in [-0.4, -0.2) is 31.4 Å². The number of esters is 1. The lowest BCUT2D eigenvalue weighted by atomic mass is 10.3. The van der Waals surface area contributed by atoms with E-state index in [-0.39, 0.29) is 5.97 Å². The highest BCUT2D eigenvalue weighted by Gasteiger charge is 1.95. The van der Waals surface area contributed by atoms with Gasteiger partial charge >= 0.3 is 5.97 Å². The van der Waals surface area contributed by atoms with Crippen LogP contribution in [0.3, 0.4) is 0 Å². The molecule has 88 valence electrons. The lowest BCUT2D eigenvalue weighted by Crippen LogP contribution is -2.00. The predicted molar refractivity (Wildman–Crippen MR) is 65.1 cm³/mol. The molecule has 0 rings (SSSR count). The lowest BCUT2D eigenvalue weighted by molar-refractivity contribution is -0.140. The van der Waals surface area contributed by atoms with E-state index < -0.39 is 0 Å². The second-order valence-corrected chi connectivity index (χ2v) is 3.66. The molecule has 0 aromatic heterocycles. The van der Waals surface area contributed by atoms with Crippen LogP contribution in [-0.2, 0) is 14.3 Å². The van der Waals surface area contributed by atoms with Gasteiger partial charge in [-0.1, -0.05) is 19.4 Å². The first-order chi connectivity index (χ1) is 7.22. The zero-order chi connectivity index (χ0) is 11.9. The SMILES string of the molecule is CCC/C=C/C=O.COC(=O)CCSC. The molecule has 0 spiro atoms. The van der Waals surface area contributed by atoms with Crippen LogP contribution in [0.2, 0.25) is 0 Å². The van der Waals surface area contributed by atoms with Crippen molar-refractivity contribution in [1.82, 2.24) is 0 Å². The van der Waals surface area contributed by atoms with Gasteiger partial charge in [0.1, 0.15) is 6.29 Å². The molecule has 3 nitrogen and oxygen atoms in total. The van der Waals surface area contributed by atoms with Crippen molar-refractivity contribution < 1.29 is 14.3 Å². The van der Waals surface area contributed by atoms with Crippen LogP contribution in [0.4, 0.5) is 0 Å². The first-order valence-corrected chi connectivity index (χ1v) is 6.28. The van der Waals surface area contributed by atoms with Crippen molar-refractivity contribution in [2.45, 2.75) is 26.2 Å². The molecule has 0 amide bonds. The minimum atomic E-state index is -0.126. The largest absolute Gasteiger partial charge is 0.469 e. The molecule has 0 aromatic rings. The van der Waals surface area contributed by atoms with Crippen LogP contribution in [0.1, 0.15) is 26.2 Å². The van der Waals surface area contributed by atoms with Gasteiger partial charge in [-0.15, -0.1) is 0 Å². The highest BCUT2D eigenvalue weighted by molar-refractivity contribution is 7.98. The second-order valence-electron chi connectivity index (χ2n) is 2.67. The zero-order valence-electron chi connectivity index (χ0n) is 9.69. The molecule has 0 fully saturated rings. The number of allylic oxidation sites excluding steroid dienone is 2. The maximum atomic E-state index is 10.3. The molecule has 0 bridgehead atoms. The van der Waals surface area contributed by atoms with Crippen molar-refractivity contribution in [3.8, 4) is 0 Å². The summed E-state index contributed by atoms with van der Waals surface area (Å²) < 4.78 is 4.40. The van der Waals surface area contributed by atoms with E-state index in [1.807, 2.05) is 12.3 Å². The van der Waals surface area contributed by atoms with Gasteiger partial charge in [-0.3, -0.25) is 9.59 Å². The minimum Gasteiger partial charge on any atom is -0.469 e. The van der Waals surface area contributed by atoms with Crippen molar-refractivity contribution in [2.75, 3.05) is 19.1 Å². The zero-order valence-corrected chi connectivity index (χ0v) is 10.5. The molecule has 0 aliphatic carbocycles. The number of unbranched alkanes of at least 4 members (excludes halogenated alkanes) is 1. The fraction of sp³-hybridized carbons (Fsp3) is 0.636. The van der Waals surface area contributed by atoms with Gasteiger partial charge in [0.25, 0.3) is 0 Å². The van der Waals surface area contributed by atoms with Gasteiger partial charge in [-0.25, -0.2) is 0 Å². The summed E-state index contributed by atoms with van der Waals surface area (Å²) >= 11 is 1.64. The first kappa shape index (κ1) is 16.7. The molecule has 0 saturated heterocycles. The summed E-state index contributed by atoms with van der Waals surface area (Å²) in [6.07, 6.45) is 8.82. The highest BCUT2D eigenvalue weighted by Crippen LogP contribution is 1.95. The molecule has 0 atom stereocenters. The van der Waals surface area contributed by atoms with Crippen LogP contribution in [0.15, 0.2) is 12.2 Å². The van der Waals surface area contributed by atoms with Crippen molar-refractivity contribution in [1.29, 1.82) is 0 Å². The fourth-order valence-electron chi connectivity index (χ4n) is 0.606. The van der Waals surface area contributed by atoms with Gasteiger partial charge in [-0.2, -0.15) is 11.8 Å². The molecule has 0 heterocycles. The minimum absolute atomic E-state index is 0.126. The van der Waals surface area contributed by atoms with Crippen LogP contribution < -0.4 is 0 Å². The van der Waals surface area contributed by atoms with Gasteiger partial charge < -0.3 is 4.74 Å². The Balaban J connectivity index is 0. The summed E-state index contributed by atoms with van der Waals surface area (Å²) in [5.41, 5.74) is 0. The average Bonchev–Trinajstić information content (AvgIpc) is 2.27. The summed E-state index contributed by atoms with van der Waals surface area (Å²) in [5.74, 6) is 0.728. The van der Waals surface area contributed by atoms with E-state index in [4.69, 9.17) is 0 Å². The van der Waals surface area contributed by atoms with E-state index in [9.17, 15) is 9.59 Å². The molecule has 0 saturated carbocycles. The monoisotopic (exact) mass is 232 g/mol. The van der Waals surface area contributed by atoms with Crippen molar-refractivity contribution in [3.05, 3.63) is 12.2 Å². The summed E-state index contributed by atoms with van der Waals surface area (Å²) in [7, 11) is 1.41. The molecular formula is C11H20O3S. The van der Waals surface area contributed by atoms with Gasteiger partial charge in [0.2, 0.25) is 0 Å². The molecule has 0 aliphatic heterocycles. The van der Waals surface area contributed by atoms with Crippen LogP contribution in [0, 0.1) is 0 Å². The number of aldehydes is 1. The van der Waals surface area contributed by atoms with E-state index in [2.05, 4.69) is 11.7 Å². The number of methoxy groups -OCH3 is 1. The van der Waals surface area contributed by atoms with E-state index in [1.54, 1.807) is 11.8 Å². The average molecular weight is 232 g/mol. The molecule has 15 heavy (non-hydrogen) atoms. The number of thioether (sulfide) groups is 1. The van der Waals surface area contributed by atoms with Gasteiger partial charge in [0.05, 0.1) is 13.5 Å². The Morgan fingerprint density at radius 1 is 1.47 bits per heavy atom. The van der Waals surface area contributed by atoms with Crippen molar-refractivity contribution in [3.63, 3.8) is 0 Å². The second kappa shape index (κ2) is 15.7. The van der Waals surface area contributed by atoms with Gasteiger partial charge in [-0.05, 0) is 18.8 Å². The first-order valence-electron chi connectivity index (χ1n) is 4.88. The smallest absolute Gasteiger partial charge is 0.306 e. The quantitative estimate of drug-likeness (QED) is 0.401. The van der Waals surface area contributed by atoms with E-state index in [0.717, 1.165) is 24.9 Å². The molecule has 0 N–H and O–H groups in total. The van der Waals surface area contributed by atoms with Crippen LogP contribution in [0.25, 0.3) is 0 Å². The third-order valence-electron chi connectivity index (χ3n) is 1.41.